The zero-order valence-corrected chi connectivity index (χ0v) is 13.1. The van der Waals surface area contributed by atoms with Crippen molar-refractivity contribution in [1.82, 2.24) is 5.32 Å². The maximum Gasteiger partial charge on any atom is 0.255 e. The van der Waals surface area contributed by atoms with Crippen LogP contribution in [0.4, 0.5) is 0 Å². The van der Waals surface area contributed by atoms with Gasteiger partial charge in [0.05, 0.1) is 13.0 Å². The second-order valence-corrected chi connectivity index (χ2v) is 5.07. The SMILES string of the molecule is CCCCCCCCCCOOOO.O=C1CC(O)C(=O)N1. The molecule has 22 heavy (non-hydrogen) atoms. The molecule has 1 unspecified atom stereocenters. The highest BCUT2D eigenvalue weighted by atomic mass is 17.6. The lowest BCUT2D eigenvalue weighted by Gasteiger charge is -2.00. The minimum absolute atomic E-state index is 0.0845. The van der Waals surface area contributed by atoms with Crippen LogP contribution in [-0.4, -0.2) is 34.9 Å². The summed E-state index contributed by atoms with van der Waals surface area (Å²) in [6.45, 7) is 2.69. The molecule has 1 fully saturated rings. The van der Waals surface area contributed by atoms with E-state index in [0.717, 1.165) is 12.8 Å². The Bertz CT molecular complexity index is 287. The zero-order chi connectivity index (χ0) is 16.6. The normalized spacial score (nSPS) is 17.1. The topological polar surface area (TPSA) is 114 Å². The average Bonchev–Trinajstić information content (AvgIpc) is 2.78. The van der Waals surface area contributed by atoms with Gasteiger partial charge in [-0.3, -0.25) is 14.9 Å². The Kier molecular flexibility index (Phi) is 14.1. The van der Waals surface area contributed by atoms with Gasteiger partial charge in [0.2, 0.25) is 5.91 Å². The first-order valence-electron chi connectivity index (χ1n) is 7.73. The Balaban J connectivity index is 0.000000461. The van der Waals surface area contributed by atoms with E-state index in [2.05, 4.69) is 21.9 Å². The third kappa shape index (κ3) is 12.7. The number of hydrogen-bond donors (Lipinski definition) is 3. The molecule has 0 aromatic heterocycles. The summed E-state index contributed by atoms with van der Waals surface area (Å²) in [6, 6.07) is 0. The fourth-order valence-electron chi connectivity index (χ4n) is 1.89. The van der Waals surface area contributed by atoms with Gasteiger partial charge in [0, 0.05) is 0 Å². The predicted octanol–water partition coefficient (Wildman–Crippen LogP) is 1.87. The van der Waals surface area contributed by atoms with Gasteiger partial charge in [0.25, 0.3) is 5.91 Å². The van der Waals surface area contributed by atoms with Gasteiger partial charge in [-0.25, -0.2) is 10.1 Å². The largest absolute Gasteiger partial charge is 0.383 e. The molecule has 0 radical (unpaired) electrons. The van der Waals surface area contributed by atoms with Crippen molar-refractivity contribution in [2.24, 2.45) is 0 Å². The van der Waals surface area contributed by atoms with E-state index in [4.69, 9.17) is 10.4 Å². The number of imide groups is 1. The van der Waals surface area contributed by atoms with Crippen LogP contribution in [0.2, 0.25) is 0 Å². The third-order valence-corrected chi connectivity index (χ3v) is 3.10. The van der Waals surface area contributed by atoms with Gasteiger partial charge in [0.1, 0.15) is 6.10 Å². The summed E-state index contributed by atoms with van der Waals surface area (Å²) < 4.78 is 0. The monoisotopic (exact) mass is 321 g/mol. The first-order valence-corrected chi connectivity index (χ1v) is 7.73. The Labute approximate surface area is 130 Å². The molecule has 2 amide bonds. The van der Waals surface area contributed by atoms with Crippen molar-refractivity contribution in [3.8, 4) is 0 Å². The first kappa shape index (κ1) is 20.9. The number of carbonyl (C=O) groups is 2. The van der Waals surface area contributed by atoms with Crippen molar-refractivity contribution in [1.29, 1.82) is 0 Å². The minimum Gasteiger partial charge on any atom is -0.383 e. The van der Waals surface area contributed by atoms with E-state index < -0.39 is 17.9 Å². The fourth-order valence-corrected chi connectivity index (χ4v) is 1.89. The standard InChI is InChI=1S/C10H22O4.C4H5NO3/c1-2-3-4-5-6-7-8-9-10-12-14-13-11;6-2-1-3(7)5-4(2)8/h11H,2-10H2,1H3;2,6H,1H2,(H,5,7,8). The smallest absolute Gasteiger partial charge is 0.255 e. The van der Waals surface area contributed by atoms with E-state index in [0.29, 0.717) is 6.61 Å². The van der Waals surface area contributed by atoms with Crippen LogP contribution in [0.3, 0.4) is 0 Å². The Morgan fingerprint density at radius 1 is 1.09 bits per heavy atom. The summed E-state index contributed by atoms with van der Waals surface area (Å²) in [4.78, 5) is 24.8. The van der Waals surface area contributed by atoms with E-state index in [1.165, 1.54) is 38.5 Å². The highest BCUT2D eigenvalue weighted by Gasteiger charge is 2.27. The molecule has 1 saturated heterocycles. The molecule has 1 atom stereocenters. The summed E-state index contributed by atoms with van der Waals surface area (Å²) in [5.41, 5.74) is 0. The summed E-state index contributed by atoms with van der Waals surface area (Å²) in [7, 11) is 0. The number of aliphatic hydroxyl groups excluding tert-OH is 1. The molecule has 0 aromatic carbocycles. The lowest BCUT2D eigenvalue weighted by Crippen LogP contribution is -2.24. The molecule has 0 bridgehead atoms. The minimum atomic E-state index is -1.11. The molecular formula is C14H27NO7. The van der Waals surface area contributed by atoms with Crippen LogP contribution in [0, 0.1) is 0 Å². The quantitative estimate of drug-likeness (QED) is 0.230. The van der Waals surface area contributed by atoms with Crippen LogP contribution < -0.4 is 5.32 Å². The van der Waals surface area contributed by atoms with Crippen LogP contribution in [0.15, 0.2) is 0 Å². The lowest BCUT2D eigenvalue weighted by molar-refractivity contribution is -0.623. The van der Waals surface area contributed by atoms with Crippen molar-refractivity contribution in [3.63, 3.8) is 0 Å². The molecule has 1 aliphatic rings. The lowest BCUT2D eigenvalue weighted by atomic mass is 10.1. The van der Waals surface area contributed by atoms with Gasteiger partial charge in [-0.15, -0.1) is 0 Å². The molecule has 8 heteroatoms. The van der Waals surface area contributed by atoms with E-state index >= 15 is 0 Å². The van der Waals surface area contributed by atoms with E-state index in [9.17, 15) is 9.59 Å². The van der Waals surface area contributed by atoms with Crippen LogP contribution in [0.5, 0.6) is 0 Å². The number of rotatable bonds is 11. The van der Waals surface area contributed by atoms with Gasteiger partial charge < -0.3 is 5.11 Å². The van der Waals surface area contributed by atoms with E-state index in [1.54, 1.807) is 0 Å². The van der Waals surface area contributed by atoms with E-state index in [1.807, 2.05) is 5.32 Å². The van der Waals surface area contributed by atoms with Gasteiger partial charge in [-0.1, -0.05) is 51.9 Å². The van der Waals surface area contributed by atoms with Gasteiger partial charge in [-0.05, 0) is 16.5 Å². The summed E-state index contributed by atoms with van der Waals surface area (Å²) in [5, 5.41) is 25.4. The molecular weight excluding hydrogens is 294 g/mol. The van der Waals surface area contributed by atoms with Gasteiger partial charge >= 0.3 is 0 Å². The molecule has 8 nitrogen and oxygen atoms in total. The summed E-state index contributed by atoms with van der Waals surface area (Å²) in [5.74, 6) is -0.988. The molecule has 0 spiro atoms. The second kappa shape index (κ2) is 14.9. The molecule has 1 heterocycles. The molecule has 0 saturated carbocycles. The fraction of sp³-hybridized carbons (Fsp3) is 0.857. The van der Waals surface area contributed by atoms with Gasteiger partial charge in [0.15, 0.2) is 0 Å². The predicted molar refractivity (Wildman–Crippen MR) is 77.1 cm³/mol. The maximum absolute atomic E-state index is 10.2. The van der Waals surface area contributed by atoms with Gasteiger partial charge in [-0.2, -0.15) is 0 Å². The summed E-state index contributed by atoms with van der Waals surface area (Å²) >= 11 is 0. The van der Waals surface area contributed by atoms with Crippen molar-refractivity contribution < 1.29 is 34.9 Å². The highest BCUT2D eigenvalue weighted by Crippen LogP contribution is 2.08. The van der Waals surface area contributed by atoms with Crippen molar-refractivity contribution in [2.45, 2.75) is 70.8 Å². The number of aliphatic hydroxyl groups is 1. The Morgan fingerprint density at radius 2 is 1.68 bits per heavy atom. The highest BCUT2D eigenvalue weighted by molar-refractivity contribution is 6.04. The number of hydrogen-bond acceptors (Lipinski definition) is 7. The molecule has 3 N–H and O–H groups in total. The number of amides is 2. The second-order valence-electron chi connectivity index (χ2n) is 5.07. The third-order valence-electron chi connectivity index (χ3n) is 3.10. The maximum atomic E-state index is 10.2. The Morgan fingerprint density at radius 3 is 2.09 bits per heavy atom. The number of unbranched alkanes of at least 4 members (excludes halogenated alkanes) is 7. The van der Waals surface area contributed by atoms with E-state index in [-0.39, 0.29) is 6.42 Å². The van der Waals surface area contributed by atoms with Crippen LogP contribution in [-0.2, 0) is 24.6 Å². The van der Waals surface area contributed by atoms with Crippen LogP contribution in [0.1, 0.15) is 64.7 Å². The van der Waals surface area contributed by atoms with Crippen molar-refractivity contribution in [3.05, 3.63) is 0 Å². The van der Waals surface area contributed by atoms with Crippen LogP contribution >= 0.6 is 0 Å². The van der Waals surface area contributed by atoms with Crippen LogP contribution in [0.25, 0.3) is 0 Å². The van der Waals surface area contributed by atoms with Crippen molar-refractivity contribution in [2.75, 3.05) is 6.61 Å². The molecule has 130 valence electrons. The molecule has 1 aliphatic heterocycles. The zero-order valence-electron chi connectivity index (χ0n) is 13.1. The Hall–Kier alpha value is -1.06. The molecule has 1 rings (SSSR count). The summed E-state index contributed by atoms with van der Waals surface area (Å²) in [6.07, 6.45) is 8.78. The number of nitrogens with one attached hydrogen (secondary N) is 1. The number of carbonyl (C=O) groups excluding carboxylic acids is 2. The van der Waals surface area contributed by atoms with Crippen molar-refractivity contribution >= 4 is 11.8 Å². The molecule has 0 aromatic rings. The molecule has 0 aliphatic carbocycles. The first-order chi connectivity index (χ1) is 10.6. The average molecular weight is 321 g/mol.